The predicted octanol–water partition coefficient (Wildman–Crippen LogP) is 4.35. The molecule has 1 aromatic carbocycles. The molecule has 1 aromatic heterocycles. The summed E-state index contributed by atoms with van der Waals surface area (Å²) in [7, 11) is 0. The van der Waals surface area contributed by atoms with E-state index in [1.165, 1.54) is 24.3 Å². The molecule has 2 aliphatic rings. The van der Waals surface area contributed by atoms with Gasteiger partial charge in [0.25, 0.3) is 0 Å². The lowest BCUT2D eigenvalue weighted by Gasteiger charge is -2.32. The van der Waals surface area contributed by atoms with Crippen LogP contribution >= 0.6 is 0 Å². The molecule has 0 amide bonds. The van der Waals surface area contributed by atoms with Gasteiger partial charge in [-0.3, -0.25) is 4.79 Å². The van der Waals surface area contributed by atoms with Crippen LogP contribution in [0.3, 0.4) is 0 Å². The molecule has 7 nitrogen and oxygen atoms in total. The van der Waals surface area contributed by atoms with E-state index in [2.05, 4.69) is 9.73 Å². The highest BCUT2D eigenvalue weighted by atomic mass is 19.4. The maximum absolute atomic E-state index is 13.2. The first kappa shape index (κ1) is 25.1. The van der Waals surface area contributed by atoms with Gasteiger partial charge in [0.05, 0.1) is 17.2 Å². The summed E-state index contributed by atoms with van der Waals surface area (Å²) in [5, 5.41) is 0. The number of aliphatic imine (C=N–C) groups is 1. The van der Waals surface area contributed by atoms with Gasteiger partial charge in [-0.05, 0) is 37.1 Å². The summed E-state index contributed by atoms with van der Waals surface area (Å²) in [4.78, 5) is 28.6. The minimum absolute atomic E-state index is 0.0269. The highest BCUT2D eigenvalue weighted by Crippen LogP contribution is 2.44. The number of Topliss-reactive ketones (excluding diaryl/α,β-unsaturated/α-hetero) is 1. The second-order valence-corrected chi connectivity index (χ2v) is 7.99. The molecule has 0 bridgehead atoms. The number of allylic oxidation sites excluding steroid dienone is 1. The highest BCUT2D eigenvalue weighted by Gasteiger charge is 2.47. The van der Waals surface area contributed by atoms with Crippen LogP contribution in [0.25, 0.3) is 11.3 Å². The van der Waals surface area contributed by atoms with Crippen LogP contribution in [0.2, 0.25) is 0 Å². The van der Waals surface area contributed by atoms with Crippen LogP contribution in [-0.2, 0) is 20.5 Å². The highest BCUT2D eigenvalue weighted by molar-refractivity contribution is 6.09. The molecule has 2 heterocycles. The normalized spacial score (nSPS) is 21.9. The third kappa shape index (κ3) is 4.60. The Bertz CT molecular complexity index is 1320. The fourth-order valence-electron chi connectivity index (χ4n) is 4.09. The van der Waals surface area contributed by atoms with Gasteiger partial charge in [0.1, 0.15) is 17.4 Å². The van der Waals surface area contributed by atoms with E-state index in [4.69, 9.17) is 15.9 Å². The molecular weight excluding hydrogens is 496 g/mol. The number of furan rings is 1. The van der Waals surface area contributed by atoms with Crippen molar-refractivity contribution in [2.75, 3.05) is 0 Å². The molecule has 0 saturated carbocycles. The van der Waals surface area contributed by atoms with Crippen LogP contribution < -0.4 is 11.5 Å². The van der Waals surface area contributed by atoms with Crippen LogP contribution in [0, 0.1) is 0 Å². The first-order valence-corrected chi connectivity index (χ1v) is 10.4. The van der Waals surface area contributed by atoms with Crippen molar-refractivity contribution in [3.63, 3.8) is 0 Å². The zero-order valence-electron chi connectivity index (χ0n) is 18.1. The molecule has 0 radical (unpaired) electrons. The molecule has 1 aliphatic carbocycles. The SMILES string of the molecule is N/C=C1\C(N)=NC2=C(C(=O)C(OC(=O)C(F)(F)F)CC2)C1c1ccc(-c2cccc(C(F)(F)F)c2)o1. The van der Waals surface area contributed by atoms with E-state index < -0.39 is 41.7 Å². The number of carbonyl (C=O) groups excluding carboxylic acids is 2. The molecule has 4 rings (SSSR count). The molecule has 4 N–H and O–H groups in total. The molecule has 0 spiro atoms. The Kier molecular flexibility index (Phi) is 6.18. The number of ether oxygens (including phenoxy) is 1. The van der Waals surface area contributed by atoms with Crippen molar-refractivity contribution < 1.29 is 45.1 Å². The van der Waals surface area contributed by atoms with Crippen LogP contribution in [0.4, 0.5) is 26.3 Å². The van der Waals surface area contributed by atoms with Crippen molar-refractivity contribution in [2.45, 2.75) is 37.2 Å². The summed E-state index contributed by atoms with van der Waals surface area (Å²) in [5.41, 5.74) is 11.0. The number of alkyl halides is 6. The zero-order chi connectivity index (χ0) is 26.4. The lowest BCUT2D eigenvalue weighted by atomic mass is 9.77. The van der Waals surface area contributed by atoms with Crippen molar-refractivity contribution in [3.8, 4) is 11.3 Å². The topological polar surface area (TPSA) is 121 Å². The molecule has 2 unspecified atom stereocenters. The van der Waals surface area contributed by atoms with Crippen LogP contribution in [0.15, 0.2) is 68.9 Å². The first-order chi connectivity index (χ1) is 16.8. The Morgan fingerprint density at radius 2 is 1.86 bits per heavy atom. The van der Waals surface area contributed by atoms with Gasteiger partial charge >= 0.3 is 18.3 Å². The van der Waals surface area contributed by atoms with Crippen LogP contribution in [0.5, 0.6) is 0 Å². The molecule has 0 saturated heterocycles. The number of nitrogens with zero attached hydrogens (tertiary/aromatic N) is 1. The number of esters is 1. The number of nitrogens with two attached hydrogens (primary N) is 2. The van der Waals surface area contributed by atoms with E-state index in [1.54, 1.807) is 0 Å². The number of halogens is 6. The van der Waals surface area contributed by atoms with Crippen molar-refractivity contribution in [1.82, 2.24) is 0 Å². The third-order valence-corrected chi connectivity index (χ3v) is 5.71. The van der Waals surface area contributed by atoms with Gasteiger partial charge in [0.15, 0.2) is 6.10 Å². The van der Waals surface area contributed by atoms with E-state index in [0.29, 0.717) is 0 Å². The Morgan fingerprint density at radius 1 is 1.14 bits per heavy atom. The van der Waals surface area contributed by atoms with Gasteiger partial charge in [0.2, 0.25) is 5.78 Å². The summed E-state index contributed by atoms with van der Waals surface area (Å²) >= 11 is 0. The van der Waals surface area contributed by atoms with Crippen LogP contribution in [-0.4, -0.2) is 29.9 Å². The van der Waals surface area contributed by atoms with E-state index in [0.717, 1.165) is 18.3 Å². The molecule has 36 heavy (non-hydrogen) atoms. The average molecular weight is 513 g/mol. The average Bonchev–Trinajstić information content (AvgIpc) is 3.29. The van der Waals surface area contributed by atoms with Crippen molar-refractivity contribution >= 4 is 17.6 Å². The summed E-state index contributed by atoms with van der Waals surface area (Å²) in [6.07, 6.45) is -10.9. The number of amidine groups is 1. The smallest absolute Gasteiger partial charge is 0.460 e. The second kappa shape index (κ2) is 8.88. The molecular formula is C23H17F6N3O4. The number of carbonyl (C=O) groups is 2. The predicted molar refractivity (Wildman–Crippen MR) is 113 cm³/mol. The summed E-state index contributed by atoms with van der Waals surface area (Å²) in [6, 6.07) is 7.10. The Hall–Kier alpha value is -4.03. The van der Waals surface area contributed by atoms with Crippen molar-refractivity contribution in [1.29, 1.82) is 0 Å². The maximum atomic E-state index is 13.2. The van der Waals surface area contributed by atoms with Gasteiger partial charge in [0, 0.05) is 22.9 Å². The van der Waals surface area contributed by atoms with E-state index in [9.17, 15) is 35.9 Å². The fraction of sp³-hybridized carbons (Fsp3) is 0.261. The lowest BCUT2D eigenvalue weighted by molar-refractivity contribution is -0.205. The molecule has 1 aliphatic heterocycles. The van der Waals surface area contributed by atoms with Crippen LogP contribution in [0.1, 0.15) is 30.1 Å². The van der Waals surface area contributed by atoms with Crippen molar-refractivity contribution in [2.24, 2.45) is 16.5 Å². The van der Waals surface area contributed by atoms with Gasteiger partial charge in [-0.15, -0.1) is 0 Å². The quantitative estimate of drug-likeness (QED) is 0.465. The minimum atomic E-state index is -5.30. The number of benzene rings is 1. The van der Waals surface area contributed by atoms with Gasteiger partial charge in [-0.25, -0.2) is 9.79 Å². The monoisotopic (exact) mass is 513 g/mol. The van der Waals surface area contributed by atoms with E-state index in [-0.39, 0.29) is 52.6 Å². The summed E-state index contributed by atoms with van der Waals surface area (Å²) < 4.78 is 87.6. The molecule has 0 fully saturated rings. The first-order valence-electron chi connectivity index (χ1n) is 10.4. The molecule has 13 heteroatoms. The van der Waals surface area contributed by atoms with Gasteiger partial charge < -0.3 is 20.6 Å². The van der Waals surface area contributed by atoms with Crippen molar-refractivity contribution in [3.05, 3.63) is 70.8 Å². The van der Waals surface area contributed by atoms with E-state index in [1.807, 2.05) is 0 Å². The molecule has 2 atom stereocenters. The third-order valence-electron chi connectivity index (χ3n) is 5.71. The summed E-state index contributed by atoms with van der Waals surface area (Å²) in [5.74, 6) is -4.61. The standard InChI is InChI=1S/C23H17F6N3O4/c24-22(25,26)11-3-1-2-10(8-11)14-6-7-15(35-14)17-12(9-30)20(31)32-13-4-5-16(19(33)18(13)17)36-21(34)23(27,28)29/h1-3,6-9,16-17H,4-5,30H2,(H2,31,32)/b12-9-. The van der Waals surface area contributed by atoms with Gasteiger partial charge in [-0.1, -0.05) is 12.1 Å². The number of hydrogen-bond acceptors (Lipinski definition) is 7. The molecule has 190 valence electrons. The summed E-state index contributed by atoms with van der Waals surface area (Å²) in [6.45, 7) is 0. The second-order valence-electron chi connectivity index (χ2n) is 7.99. The Balaban J connectivity index is 1.73. The maximum Gasteiger partial charge on any atom is 0.490 e. The fourth-order valence-corrected chi connectivity index (χ4v) is 4.09. The number of ketones is 1. The van der Waals surface area contributed by atoms with E-state index >= 15 is 0 Å². The zero-order valence-corrected chi connectivity index (χ0v) is 18.1. The largest absolute Gasteiger partial charge is 0.490 e. The lowest BCUT2D eigenvalue weighted by Crippen LogP contribution is -2.40. The minimum Gasteiger partial charge on any atom is -0.460 e. The number of rotatable bonds is 3. The Labute approximate surface area is 199 Å². The number of hydrogen-bond donors (Lipinski definition) is 2. The Morgan fingerprint density at radius 3 is 2.50 bits per heavy atom. The molecule has 2 aromatic rings. The van der Waals surface area contributed by atoms with Gasteiger partial charge in [-0.2, -0.15) is 26.3 Å².